The molecule has 1 aromatic heterocycles. The first-order chi connectivity index (χ1) is 14.5. The molecule has 0 saturated carbocycles. The van der Waals surface area contributed by atoms with Crippen molar-refractivity contribution in [1.29, 1.82) is 0 Å². The molecule has 1 amide bonds. The zero-order valence-corrected chi connectivity index (χ0v) is 16.2. The lowest BCUT2D eigenvalue weighted by atomic mass is 10.0. The van der Waals surface area contributed by atoms with Crippen LogP contribution in [0.3, 0.4) is 0 Å². The number of hydrogen-bond acceptors (Lipinski definition) is 6. The van der Waals surface area contributed by atoms with Crippen LogP contribution in [0.1, 0.15) is 15.9 Å². The fourth-order valence-electron chi connectivity index (χ4n) is 3.42. The largest absolute Gasteiger partial charge is 0.444 e. The van der Waals surface area contributed by atoms with Crippen molar-refractivity contribution in [3.05, 3.63) is 76.0 Å². The van der Waals surface area contributed by atoms with E-state index in [-0.39, 0.29) is 5.82 Å². The highest BCUT2D eigenvalue weighted by atomic mass is 16.6. The summed E-state index contributed by atoms with van der Waals surface area (Å²) in [5.74, 6) is -0.635. The number of carbonyl (C=O) groups excluding carboxylic acids is 1. The normalized spacial score (nSPS) is 14.3. The van der Waals surface area contributed by atoms with Crippen LogP contribution in [-0.4, -0.2) is 45.0 Å². The Hall–Kier alpha value is -3.72. The molecule has 9 nitrogen and oxygen atoms in total. The molecule has 2 heterocycles. The fourth-order valence-corrected chi connectivity index (χ4v) is 3.42. The van der Waals surface area contributed by atoms with Crippen molar-refractivity contribution in [3.63, 3.8) is 0 Å². The van der Waals surface area contributed by atoms with E-state index in [1.165, 1.54) is 6.20 Å². The van der Waals surface area contributed by atoms with E-state index in [0.29, 0.717) is 31.3 Å². The van der Waals surface area contributed by atoms with Crippen molar-refractivity contribution in [2.45, 2.75) is 13.1 Å². The van der Waals surface area contributed by atoms with Crippen molar-refractivity contribution in [3.8, 4) is 17.1 Å². The van der Waals surface area contributed by atoms with Gasteiger partial charge in [0.05, 0.1) is 0 Å². The number of rotatable bonds is 5. The highest BCUT2D eigenvalue weighted by molar-refractivity contribution is 5.93. The van der Waals surface area contributed by atoms with E-state index in [4.69, 9.17) is 10.5 Å². The van der Waals surface area contributed by atoms with Gasteiger partial charge in [-0.25, -0.2) is 0 Å². The molecule has 2 aromatic carbocycles. The Bertz CT molecular complexity index is 1060. The lowest BCUT2D eigenvalue weighted by Gasteiger charge is -2.24. The van der Waals surface area contributed by atoms with Crippen LogP contribution in [-0.2, 0) is 13.1 Å². The molecule has 2 N–H and O–H groups in total. The number of ether oxygens (including phenoxy) is 1. The van der Waals surface area contributed by atoms with E-state index in [1.807, 2.05) is 24.3 Å². The number of benzene rings is 2. The van der Waals surface area contributed by atoms with Gasteiger partial charge in [-0.05, 0) is 33.7 Å². The molecule has 0 fully saturated rings. The van der Waals surface area contributed by atoms with E-state index >= 15 is 0 Å². The molecular weight excluding hydrogens is 386 g/mol. The number of fused-ring (bicyclic) bond motifs is 1. The number of nitrogens with two attached hydrogens (primary N) is 1. The molecule has 3 aromatic rings. The molecule has 0 unspecified atom stereocenters. The molecule has 0 spiro atoms. The second-order valence-corrected chi connectivity index (χ2v) is 7.10. The maximum atomic E-state index is 11.2. The van der Waals surface area contributed by atoms with Gasteiger partial charge in [-0.2, -0.15) is 0 Å². The highest BCUT2D eigenvalue weighted by Crippen LogP contribution is 2.22. The van der Waals surface area contributed by atoms with Crippen LogP contribution in [0.5, 0.6) is 6.01 Å². The maximum absolute atomic E-state index is 11.2. The molecule has 0 bridgehead atoms. The summed E-state index contributed by atoms with van der Waals surface area (Å²) in [5, 5.41) is 10.9. The predicted molar refractivity (Wildman–Crippen MR) is 110 cm³/mol. The molecule has 1 aliphatic rings. The first-order valence-electron chi connectivity index (χ1n) is 9.55. The standard InChI is InChI=1S/C21H21N5O4/c22-20(27)18-7-5-17(6-8-18)16-3-1-15(2-4-16)13-24-9-10-25-14-19(26(28)29)23-21(25)30-12-11-24/h1-8,14H,9-13H2,(H2,22,27). The van der Waals surface area contributed by atoms with Crippen LogP contribution in [0.4, 0.5) is 5.82 Å². The van der Waals surface area contributed by atoms with Gasteiger partial charge in [-0.3, -0.25) is 14.3 Å². The summed E-state index contributed by atoms with van der Waals surface area (Å²) in [5.41, 5.74) is 9.00. The molecule has 0 aliphatic carbocycles. The third-order valence-corrected chi connectivity index (χ3v) is 5.07. The highest BCUT2D eigenvalue weighted by Gasteiger charge is 2.22. The van der Waals surface area contributed by atoms with E-state index < -0.39 is 10.8 Å². The van der Waals surface area contributed by atoms with Gasteiger partial charge in [-0.15, -0.1) is 0 Å². The predicted octanol–water partition coefficient (Wildman–Crippen LogP) is 2.45. The van der Waals surface area contributed by atoms with Gasteiger partial charge in [0.15, 0.2) is 0 Å². The van der Waals surface area contributed by atoms with Crippen LogP contribution < -0.4 is 10.5 Å². The minimum absolute atomic E-state index is 0.196. The first kappa shape index (κ1) is 19.6. The molecule has 9 heteroatoms. The SMILES string of the molecule is NC(=O)c1ccc(-c2ccc(CN3CCOc4nc([N+](=O)[O-])cn4CC3)cc2)cc1. The average molecular weight is 407 g/mol. The number of aromatic nitrogens is 2. The summed E-state index contributed by atoms with van der Waals surface area (Å²) in [6, 6.07) is 15.8. The van der Waals surface area contributed by atoms with E-state index in [9.17, 15) is 14.9 Å². The number of nitrogens with zero attached hydrogens (tertiary/aromatic N) is 4. The topological polar surface area (TPSA) is 117 Å². The molecule has 0 radical (unpaired) electrons. The Morgan fingerprint density at radius 2 is 1.73 bits per heavy atom. The van der Waals surface area contributed by atoms with E-state index in [0.717, 1.165) is 29.8 Å². The van der Waals surface area contributed by atoms with Crippen molar-refractivity contribution in [2.75, 3.05) is 19.7 Å². The Balaban J connectivity index is 1.40. The Morgan fingerprint density at radius 3 is 2.37 bits per heavy atom. The van der Waals surface area contributed by atoms with Gasteiger partial charge in [-0.1, -0.05) is 36.4 Å². The van der Waals surface area contributed by atoms with E-state index in [1.54, 1.807) is 16.7 Å². The van der Waals surface area contributed by atoms with Gasteiger partial charge >= 0.3 is 11.8 Å². The summed E-state index contributed by atoms with van der Waals surface area (Å²) in [6.45, 7) is 3.17. The number of nitro groups is 1. The quantitative estimate of drug-likeness (QED) is 0.513. The summed E-state index contributed by atoms with van der Waals surface area (Å²) < 4.78 is 7.29. The van der Waals surface area contributed by atoms with Gasteiger partial charge in [0.2, 0.25) is 5.91 Å². The minimum atomic E-state index is -0.512. The van der Waals surface area contributed by atoms with Gasteiger partial charge < -0.3 is 20.6 Å². The number of primary amides is 1. The molecular formula is C21H21N5O4. The number of hydrogen-bond donors (Lipinski definition) is 1. The third-order valence-electron chi connectivity index (χ3n) is 5.07. The second kappa shape index (κ2) is 8.34. The number of carbonyl (C=O) groups is 1. The van der Waals surface area contributed by atoms with Crippen molar-refractivity contribution in [1.82, 2.24) is 14.5 Å². The minimum Gasteiger partial charge on any atom is -0.444 e. The zero-order chi connectivity index (χ0) is 21.1. The van der Waals surface area contributed by atoms with Crippen molar-refractivity contribution in [2.24, 2.45) is 5.73 Å². The molecule has 0 atom stereocenters. The van der Waals surface area contributed by atoms with Crippen molar-refractivity contribution >= 4 is 11.7 Å². The van der Waals surface area contributed by atoms with Crippen molar-refractivity contribution < 1.29 is 14.5 Å². The van der Waals surface area contributed by atoms with Crippen LogP contribution in [0.25, 0.3) is 11.1 Å². The Kier molecular flexibility index (Phi) is 5.44. The monoisotopic (exact) mass is 407 g/mol. The Labute approximate surface area is 172 Å². The summed E-state index contributed by atoms with van der Waals surface area (Å²) in [7, 11) is 0. The summed E-state index contributed by atoms with van der Waals surface area (Å²) >= 11 is 0. The van der Waals surface area contributed by atoms with E-state index in [2.05, 4.69) is 22.0 Å². The van der Waals surface area contributed by atoms with Crippen LogP contribution in [0.15, 0.2) is 54.7 Å². The van der Waals surface area contributed by atoms with Gasteiger partial charge in [0, 0.05) is 36.7 Å². The molecule has 0 saturated heterocycles. The maximum Gasteiger partial charge on any atom is 0.414 e. The molecule has 4 rings (SSSR count). The molecule has 1 aliphatic heterocycles. The Morgan fingerprint density at radius 1 is 1.07 bits per heavy atom. The van der Waals surface area contributed by atoms with Gasteiger partial charge in [0.25, 0.3) is 0 Å². The molecule has 154 valence electrons. The summed E-state index contributed by atoms with van der Waals surface area (Å²) in [4.78, 5) is 27.8. The summed E-state index contributed by atoms with van der Waals surface area (Å²) in [6.07, 6.45) is 1.41. The number of amides is 1. The fraction of sp³-hybridized carbons (Fsp3) is 0.238. The van der Waals surface area contributed by atoms with Crippen LogP contribution >= 0.6 is 0 Å². The lowest BCUT2D eigenvalue weighted by molar-refractivity contribution is -0.389. The molecule has 30 heavy (non-hydrogen) atoms. The van der Waals surface area contributed by atoms with Crippen LogP contribution in [0.2, 0.25) is 0 Å². The smallest absolute Gasteiger partial charge is 0.414 e. The first-order valence-corrected chi connectivity index (χ1v) is 9.55. The van der Waals surface area contributed by atoms with Gasteiger partial charge in [0.1, 0.15) is 12.8 Å². The number of imidazole rings is 1. The lowest BCUT2D eigenvalue weighted by Crippen LogP contribution is -2.33. The third kappa shape index (κ3) is 4.31. The zero-order valence-electron chi connectivity index (χ0n) is 16.2. The van der Waals surface area contributed by atoms with Crippen LogP contribution in [0, 0.1) is 10.1 Å². The average Bonchev–Trinajstić information content (AvgIpc) is 3.13. The second-order valence-electron chi connectivity index (χ2n) is 7.10.